The van der Waals surface area contributed by atoms with E-state index in [2.05, 4.69) is 15.0 Å². The zero-order chi connectivity index (χ0) is 19.1. The molecule has 0 bridgehead atoms. The van der Waals surface area contributed by atoms with Crippen molar-refractivity contribution in [2.75, 3.05) is 0 Å². The lowest BCUT2D eigenvalue weighted by Crippen LogP contribution is -2.50. The highest BCUT2D eigenvalue weighted by Gasteiger charge is 2.39. The summed E-state index contributed by atoms with van der Waals surface area (Å²) in [5, 5.41) is 13.4. The smallest absolute Gasteiger partial charge is 0.387 e. The summed E-state index contributed by atoms with van der Waals surface area (Å²) in [6, 6.07) is 4.36. The van der Waals surface area contributed by atoms with Gasteiger partial charge in [0.25, 0.3) is 5.91 Å². The molecule has 0 atom stereocenters. The lowest BCUT2D eigenvalue weighted by molar-refractivity contribution is -0.0497. The molecular formula is C18H19ClF2N2O3. The van der Waals surface area contributed by atoms with Crippen molar-refractivity contribution >= 4 is 28.4 Å². The van der Waals surface area contributed by atoms with Crippen molar-refractivity contribution in [3.05, 3.63) is 35.0 Å². The molecule has 5 nitrogen and oxygen atoms in total. The summed E-state index contributed by atoms with van der Waals surface area (Å²) < 4.78 is 29.1. The summed E-state index contributed by atoms with van der Waals surface area (Å²) in [5.74, 6) is -0.275. The highest BCUT2D eigenvalue weighted by Crippen LogP contribution is 2.36. The van der Waals surface area contributed by atoms with Gasteiger partial charge in [-0.1, -0.05) is 11.6 Å². The standard InChI is InChI=1S/C18H19ClF2N2O3/c1-18(2,25)11-5-12(6-11)23-16(24)10-3-9-4-13(19)15(26-17(20)21)7-14(9)22-8-10/h3-4,7-8,11-12,17,25H,5-6H2,1-2H3,(H,23,24). The maximum atomic E-state index is 12.4. The van der Waals surface area contributed by atoms with Crippen molar-refractivity contribution in [3.63, 3.8) is 0 Å². The Bertz CT molecular complexity index is 833. The second-order valence-electron chi connectivity index (χ2n) is 7.07. The molecule has 26 heavy (non-hydrogen) atoms. The molecule has 8 heteroatoms. The number of fused-ring (bicyclic) bond motifs is 1. The maximum Gasteiger partial charge on any atom is 0.387 e. The predicted octanol–water partition coefficient (Wildman–Crippen LogP) is 3.77. The molecule has 140 valence electrons. The minimum absolute atomic E-state index is 0.0139. The van der Waals surface area contributed by atoms with E-state index in [9.17, 15) is 18.7 Å². The Labute approximate surface area is 154 Å². The molecule has 0 spiro atoms. The number of nitrogens with one attached hydrogen (secondary N) is 1. The molecule has 0 radical (unpaired) electrons. The Morgan fingerprint density at radius 2 is 2.08 bits per heavy atom. The number of aliphatic hydroxyl groups is 1. The first-order valence-corrected chi connectivity index (χ1v) is 8.58. The number of alkyl halides is 2. The fourth-order valence-corrected chi connectivity index (χ4v) is 3.24. The third kappa shape index (κ3) is 4.04. The second-order valence-corrected chi connectivity index (χ2v) is 7.48. The van der Waals surface area contributed by atoms with Crippen LogP contribution in [-0.4, -0.2) is 34.3 Å². The van der Waals surface area contributed by atoms with E-state index in [0.29, 0.717) is 16.5 Å². The number of aromatic nitrogens is 1. The van der Waals surface area contributed by atoms with Crippen LogP contribution in [0.3, 0.4) is 0 Å². The summed E-state index contributed by atoms with van der Waals surface area (Å²) in [5.41, 5.74) is -0.00402. The van der Waals surface area contributed by atoms with Gasteiger partial charge in [0.15, 0.2) is 0 Å². The Morgan fingerprint density at radius 1 is 1.38 bits per heavy atom. The highest BCUT2D eigenvalue weighted by atomic mass is 35.5. The summed E-state index contributed by atoms with van der Waals surface area (Å²) >= 11 is 5.94. The summed E-state index contributed by atoms with van der Waals surface area (Å²) in [6.45, 7) is 0.544. The molecule has 1 aromatic carbocycles. The van der Waals surface area contributed by atoms with E-state index in [-0.39, 0.29) is 28.6 Å². The van der Waals surface area contributed by atoms with Crippen LogP contribution in [0.25, 0.3) is 10.9 Å². The van der Waals surface area contributed by atoms with Crippen LogP contribution in [0.2, 0.25) is 5.02 Å². The molecule has 1 aromatic heterocycles. The molecule has 2 aromatic rings. The molecule has 1 aliphatic carbocycles. The second kappa shape index (κ2) is 6.96. The highest BCUT2D eigenvalue weighted by molar-refractivity contribution is 6.32. The van der Waals surface area contributed by atoms with Gasteiger partial charge in [-0.15, -0.1) is 0 Å². The number of hydrogen-bond acceptors (Lipinski definition) is 4. The fraction of sp³-hybridized carbons (Fsp3) is 0.444. The zero-order valence-corrected chi connectivity index (χ0v) is 15.1. The van der Waals surface area contributed by atoms with Gasteiger partial charge in [-0.05, 0) is 44.7 Å². The van der Waals surface area contributed by atoms with E-state index in [1.807, 2.05) is 0 Å². The van der Waals surface area contributed by atoms with Crippen molar-refractivity contribution < 1.29 is 23.4 Å². The summed E-state index contributed by atoms with van der Waals surface area (Å²) in [6.07, 6.45) is 2.82. The Kier molecular flexibility index (Phi) is 5.03. The van der Waals surface area contributed by atoms with E-state index in [4.69, 9.17) is 11.6 Å². The summed E-state index contributed by atoms with van der Waals surface area (Å²) in [4.78, 5) is 16.5. The molecule has 0 unspecified atom stereocenters. The lowest BCUT2D eigenvalue weighted by atomic mass is 9.71. The van der Waals surface area contributed by atoms with Gasteiger partial charge >= 0.3 is 6.61 Å². The molecule has 1 saturated carbocycles. The molecule has 1 heterocycles. The first-order chi connectivity index (χ1) is 12.1. The number of carbonyl (C=O) groups is 1. The van der Waals surface area contributed by atoms with Gasteiger partial charge in [-0.3, -0.25) is 9.78 Å². The number of carbonyl (C=O) groups excluding carboxylic acids is 1. The molecule has 1 amide bonds. The van der Waals surface area contributed by atoms with Crippen LogP contribution in [0.4, 0.5) is 8.78 Å². The van der Waals surface area contributed by atoms with E-state index in [0.717, 1.165) is 12.8 Å². The van der Waals surface area contributed by atoms with Gasteiger partial charge in [0, 0.05) is 23.7 Å². The largest absolute Gasteiger partial charge is 0.433 e. The van der Waals surface area contributed by atoms with Gasteiger partial charge in [0.05, 0.1) is 21.7 Å². The van der Waals surface area contributed by atoms with Gasteiger partial charge in [0.1, 0.15) is 5.75 Å². The quantitative estimate of drug-likeness (QED) is 0.823. The van der Waals surface area contributed by atoms with E-state index >= 15 is 0 Å². The predicted molar refractivity (Wildman–Crippen MR) is 93.7 cm³/mol. The van der Waals surface area contributed by atoms with Crippen molar-refractivity contribution in [2.45, 2.75) is 44.9 Å². The number of ether oxygens (including phenoxy) is 1. The van der Waals surface area contributed by atoms with Gasteiger partial charge in [-0.25, -0.2) is 0 Å². The number of halogens is 3. The number of rotatable bonds is 5. The number of nitrogens with zero attached hydrogens (tertiary/aromatic N) is 1. The minimum atomic E-state index is -2.98. The molecular weight excluding hydrogens is 366 g/mol. The molecule has 1 aliphatic rings. The van der Waals surface area contributed by atoms with Crippen LogP contribution in [0.5, 0.6) is 5.75 Å². The van der Waals surface area contributed by atoms with Crippen LogP contribution < -0.4 is 10.1 Å². The fourth-order valence-electron chi connectivity index (χ4n) is 3.02. The Morgan fingerprint density at radius 3 is 2.69 bits per heavy atom. The first kappa shape index (κ1) is 18.8. The number of benzene rings is 1. The van der Waals surface area contributed by atoms with E-state index < -0.39 is 12.2 Å². The average Bonchev–Trinajstić information content (AvgIpc) is 2.48. The number of hydrogen-bond donors (Lipinski definition) is 2. The van der Waals surface area contributed by atoms with Gasteiger partial charge in [-0.2, -0.15) is 8.78 Å². The monoisotopic (exact) mass is 384 g/mol. The Balaban J connectivity index is 1.72. The molecule has 0 aliphatic heterocycles. The van der Waals surface area contributed by atoms with Gasteiger partial charge in [0.2, 0.25) is 0 Å². The summed E-state index contributed by atoms with van der Waals surface area (Å²) in [7, 11) is 0. The van der Waals surface area contributed by atoms with Crippen LogP contribution in [-0.2, 0) is 0 Å². The maximum absolute atomic E-state index is 12.4. The van der Waals surface area contributed by atoms with E-state index in [1.54, 1.807) is 19.9 Å². The molecule has 0 saturated heterocycles. The normalized spacial score (nSPS) is 20.1. The van der Waals surface area contributed by atoms with Crippen molar-refractivity contribution in [2.24, 2.45) is 5.92 Å². The topological polar surface area (TPSA) is 71.5 Å². The number of pyridine rings is 1. The average molecular weight is 385 g/mol. The SMILES string of the molecule is CC(C)(O)C1CC(NC(=O)c2cnc3cc(OC(F)F)c(Cl)cc3c2)C1. The van der Waals surface area contributed by atoms with Crippen molar-refractivity contribution in [1.29, 1.82) is 0 Å². The molecule has 2 N–H and O–H groups in total. The number of amides is 1. The Hall–Kier alpha value is -1.99. The first-order valence-electron chi connectivity index (χ1n) is 8.21. The van der Waals surface area contributed by atoms with Crippen LogP contribution >= 0.6 is 11.6 Å². The van der Waals surface area contributed by atoms with Gasteiger partial charge < -0.3 is 15.2 Å². The zero-order valence-electron chi connectivity index (χ0n) is 14.3. The van der Waals surface area contributed by atoms with Crippen molar-refractivity contribution in [1.82, 2.24) is 10.3 Å². The minimum Gasteiger partial charge on any atom is -0.433 e. The molecule has 1 fully saturated rings. The van der Waals surface area contributed by atoms with E-state index in [1.165, 1.54) is 18.3 Å². The van der Waals surface area contributed by atoms with Crippen LogP contribution in [0.15, 0.2) is 24.4 Å². The van der Waals surface area contributed by atoms with Crippen LogP contribution in [0.1, 0.15) is 37.0 Å². The third-order valence-corrected chi connectivity index (χ3v) is 4.98. The van der Waals surface area contributed by atoms with Crippen molar-refractivity contribution in [3.8, 4) is 5.75 Å². The third-order valence-electron chi connectivity index (χ3n) is 4.69. The lowest BCUT2D eigenvalue weighted by Gasteiger charge is -2.42. The molecule has 3 rings (SSSR count). The van der Waals surface area contributed by atoms with Crippen LogP contribution in [0, 0.1) is 5.92 Å².